The monoisotopic (exact) mass is 545 g/mol. The molecule has 0 fully saturated rings. The lowest BCUT2D eigenvalue weighted by Crippen LogP contribution is -2.51. The fourth-order valence-electron chi connectivity index (χ4n) is 4.14. The van der Waals surface area contributed by atoms with Crippen LogP contribution < -0.4 is 25.1 Å². The normalized spacial score (nSPS) is 16.3. The molecule has 40 heavy (non-hydrogen) atoms. The first-order valence-corrected chi connectivity index (χ1v) is 13.1. The van der Waals surface area contributed by atoms with Crippen molar-refractivity contribution in [3.8, 4) is 17.2 Å². The standard InChI is InChI=1S/C31H35N3O6/c1-37-27-16-11-24(20-28(27)38-2)21-32-34-30(36)31(17-6-10-23-8-4-3-5-9-23)22-40-29(33-31)25-12-14-26(15-13-25)39-19-7-18-35/h3-6,8-16,20,32,35H,7,17-19,21-22H2,1-2H3,(H,34,36)/b10-6+/t31-/m0/s1. The van der Waals surface area contributed by atoms with Crippen LogP contribution in [0.25, 0.3) is 6.08 Å². The van der Waals surface area contributed by atoms with Gasteiger partial charge in [0.05, 0.1) is 20.8 Å². The summed E-state index contributed by atoms with van der Waals surface area (Å²) in [6.45, 7) is 0.979. The SMILES string of the molecule is COc1ccc(CNNC(=O)[C@]2(C/C=C/c3ccccc3)COC(c3ccc(OCCCO)cc3)=N2)cc1OC. The van der Waals surface area contributed by atoms with Gasteiger partial charge in [0.2, 0.25) is 5.90 Å². The Morgan fingerprint density at radius 1 is 1.05 bits per heavy atom. The molecule has 0 aliphatic carbocycles. The first kappa shape index (κ1) is 28.7. The van der Waals surface area contributed by atoms with Crippen molar-refractivity contribution in [2.45, 2.75) is 24.9 Å². The number of hydrazine groups is 1. The maximum Gasteiger partial charge on any atom is 0.266 e. The van der Waals surface area contributed by atoms with Crippen LogP contribution in [0.2, 0.25) is 0 Å². The molecule has 1 aliphatic rings. The van der Waals surface area contributed by atoms with Crippen LogP contribution in [0.5, 0.6) is 17.2 Å². The van der Waals surface area contributed by atoms with E-state index in [2.05, 4.69) is 10.9 Å². The first-order valence-electron chi connectivity index (χ1n) is 13.1. The van der Waals surface area contributed by atoms with Crippen molar-refractivity contribution >= 4 is 17.9 Å². The van der Waals surface area contributed by atoms with Crippen molar-refractivity contribution < 1.29 is 28.8 Å². The number of carbonyl (C=O) groups excluding carboxylic acids is 1. The number of aliphatic hydroxyl groups is 1. The van der Waals surface area contributed by atoms with E-state index in [1.165, 1.54) is 0 Å². The Balaban J connectivity index is 1.48. The predicted molar refractivity (Wildman–Crippen MR) is 153 cm³/mol. The molecule has 0 spiro atoms. The Bertz CT molecular complexity index is 1310. The molecule has 9 heteroatoms. The third-order valence-electron chi connectivity index (χ3n) is 6.37. The van der Waals surface area contributed by atoms with Gasteiger partial charge in [0.15, 0.2) is 17.0 Å². The fourth-order valence-corrected chi connectivity index (χ4v) is 4.14. The minimum Gasteiger partial charge on any atom is -0.494 e. The molecule has 210 valence electrons. The van der Waals surface area contributed by atoms with E-state index in [1.54, 1.807) is 14.2 Å². The number of aliphatic hydroxyl groups excluding tert-OH is 1. The van der Waals surface area contributed by atoms with Crippen LogP contribution in [-0.2, 0) is 16.1 Å². The van der Waals surface area contributed by atoms with Crippen molar-refractivity contribution in [3.05, 3.63) is 95.6 Å². The Morgan fingerprint density at radius 2 is 1.82 bits per heavy atom. The summed E-state index contributed by atoms with van der Waals surface area (Å²) in [7, 11) is 3.17. The van der Waals surface area contributed by atoms with Gasteiger partial charge in [0.1, 0.15) is 12.4 Å². The van der Waals surface area contributed by atoms with E-state index >= 15 is 0 Å². The van der Waals surface area contributed by atoms with Crippen molar-refractivity contribution in [3.63, 3.8) is 0 Å². The van der Waals surface area contributed by atoms with Crippen molar-refractivity contribution in [1.82, 2.24) is 10.9 Å². The van der Waals surface area contributed by atoms with E-state index < -0.39 is 5.54 Å². The topological polar surface area (TPSA) is 111 Å². The summed E-state index contributed by atoms with van der Waals surface area (Å²) >= 11 is 0. The smallest absolute Gasteiger partial charge is 0.266 e. The van der Waals surface area contributed by atoms with Gasteiger partial charge in [-0.05, 0) is 47.5 Å². The van der Waals surface area contributed by atoms with Crippen molar-refractivity contribution in [2.75, 3.05) is 34.0 Å². The molecule has 0 bridgehead atoms. The van der Waals surface area contributed by atoms with Crippen LogP contribution >= 0.6 is 0 Å². The molecule has 1 aliphatic heterocycles. The average molecular weight is 546 g/mol. The lowest BCUT2D eigenvalue weighted by atomic mass is 9.95. The highest BCUT2D eigenvalue weighted by atomic mass is 16.5. The van der Waals surface area contributed by atoms with E-state index in [-0.39, 0.29) is 19.1 Å². The number of methoxy groups -OCH3 is 2. The molecule has 0 saturated carbocycles. The second-order valence-electron chi connectivity index (χ2n) is 9.20. The second kappa shape index (κ2) is 14.2. The van der Waals surface area contributed by atoms with Gasteiger partial charge in [-0.25, -0.2) is 10.4 Å². The first-order chi connectivity index (χ1) is 19.6. The number of carbonyl (C=O) groups is 1. The summed E-state index contributed by atoms with van der Waals surface area (Å²) in [5, 5.41) is 8.94. The van der Waals surface area contributed by atoms with Crippen molar-refractivity contribution in [1.29, 1.82) is 0 Å². The number of rotatable bonds is 14. The van der Waals surface area contributed by atoms with Gasteiger partial charge in [-0.2, -0.15) is 0 Å². The van der Waals surface area contributed by atoms with Gasteiger partial charge in [-0.15, -0.1) is 0 Å². The molecule has 0 radical (unpaired) electrons. The maximum absolute atomic E-state index is 13.5. The van der Waals surface area contributed by atoms with Gasteiger partial charge in [0.25, 0.3) is 5.91 Å². The molecule has 1 amide bonds. The van der Waals surface area contributed by atoms with Gasteiger partial charge in [-0.3, -0.25) is 10.2 Å². The van der Waals surface area contributed by atoms with Crippen LogP contribution in [0.3, 0.4) is 0 Å². The van der Waals surface area contributed by atoms with E-state index in [0.29, 0.717) is 49.1 Å². The number of hydrogen-bond acceptors (Lipinski definition) is 8. The molecular formula is C31H35N3O6. The molecule has 1 heterocycles. The highest BCUT2D eigenvalue weighted by molar-refractivity contribution is 6.00. The van der Waals surface area contributed by atoms with Crippen LogP contribution in [0.1, 0.15) is 29.5 Å². The Morgan fingerprint density at radius 3 is 2.55 bits per heavy atom. The molecular weight excluding hydrogens is 510 g/mol. The van der Waals surface area contributed by atoms with Gasteiger partial charge in [0, 0.05) is 31.6 Å². The quantitative estimate of drug-likeness (QED) is 0.208. The zero-order chi connectivity index (χ0) is 28.2. The number of nitrogens with zero attached hydrogens (tertiary/aromatic N) is 1. The zero-order valence-electron chi connectivity index (χ0n) is 22.8. The number of nitrogens with one attached hydrogen (secondary N) is 2. The number of hydrogen-bond donors (Lipinski definition) is 3. The van der Waals surface area contributed by atoms with Gasteiger partial charge >= 0.3 is 0 Å². The summed E-state index contributed by atoms with van der Waals surface area (Å²) < 4.78 is 22.2. The van der Waals surface area contributed by atoms with E-state index in [4.69, 9.17) is 29.0 Å². The minimum absolute atomic E-state index is 0.0781. The van der Waals surface area contributed by atoms with E-state index in [0.717, 1.165) is 16.7 Å². The summed E-state index contributed by atoms with van der Waals surface area (Å²) in [5.41, 5.74) is 7.36. The third kappa shape index (κ3) is 7.40. The average Bonchev–Trinajstić information content (AvgIpc) is 3.43. The molecule has 1 atom stereocenters. The van der Waals surface area contributed by atoms with Crippen LogP contribution in [0.4, 0.5) is 0 Å². The highest BCUT2D eigenvalue weighted by Crippen LogP contribution is 2.29. The predicted octanol–water partition coefficient (Wildman–Crippen LogP) is 3.91. The largest absolute Gasteiger partial charge is 0.494 e. The molecule has 0 aromatic heterocycles. The number of ether oxygens (including phenoxy) is 4. The van der Waals surface area contributed by atoms with E-state index in [1.807, 2.05) is 84.9 Å². The van der Waals surface area contributed by atoms with Gasteiger partial charge in [-0.1, -0.05) is 48.6 Å². The van der Waals surface area contributed by atoms with Crippen LogP contribution in [-0.4, -0.2) is 56.5 Å². The van der Waals surface area contributed by atoms with Gasteiger partial charge < -0.3 is 24.1 Å². The Labute approximate surface area is 234 Å². The molecule has 9 nitrogen and oxygen atoms in total. The molecule has 3 N–H and O–H groups in total. The Kier molecular flexibility index (Phi) is 10.1. The Hall–Kier alpha value is -4.34. The molecule has 3 aromatic rings. The summed E-state index contributed by atoms with van der Waals surface area (Å²) in [5.74, 6) is 2.02. The highest BCUT2D eigenvalue weighted by Gasteiger charge is 2.43. The third-order valence-corrected chi connectivity index (χ3v) is 6.37. The molecule has 0 saturated heterocycles. The lowest BCUT2D eigenvalue weighted by Gasteiger charge is -2.22. The zero-order valence-corrected chi connectivity index (χ0v) is 22.8. The summed E-state index contributed by atoms with van der Waals surface area (Å²) in [4.78, 5) is 18.3. The summed E-state index contributed by atoms with van der Waals surface area (Å²) in [6.07, 6.45) is 4.82. The van der Waals surface area contributed by atoms with Crippen molar-refractivity contribution in [2.24, 2.45) is 4.99 Å². The maximum atomic E-state index is 13.5. The van der Waals surface area contributed by atoms with Crippen LogP contribution in [0, 0.1) is 0 Å². The lowest BCUT2D eigenvalue weighted by molar-refractivity contribution is -0.127. The fraction of sp³-hybridized carbons (Fsp3) is 0.290. The number of amides is 1. The molecule has 3 aromatic carbocycles. The molecule has 0 unspecified atom stereocenters. The number of benzene rings is 3. The summed E-state index contributed by atoms with van der Waals surface area (Å²) in [6, 6.07) is 22.8. The van der Waals surface area contributed by atoms with Crippen LogP contribution in [0.15, 0.2) is 83.9 Å². The van der Waals surface area contributed by atoms with E-state index in [9.17, 15) is 4.79 Å². The second-order valence-corrected chi connectivity index (χ2v) is 9.20. The molecule has 4 rings (SSSR count). The minimum atomic E-state index is -1.15. The number of aliphatic imine (C=N–C) groups is 1.